The molecule has 0 saturated heterocycles. The molecule has 146 valence electrons. The topological polar surface area (TPSA) is 86.5 Å². The molecule has 0 spiro atoms. The first-order valence-electron chi connectivity index (χ1n) is 9.09. The SMILES string of the molecule is CCOc1ccc(-c2noc(CCC(=O)Nc3cccc(C)c3)n2)cc1OC. The van der Waals surface area contributed by atoms with Crippen LogP contribution in [0, 0.1) is 6.92 Å². The molecule has 1 amide bonds. The lowest BCUT2D eigenvalue weighted by atomic mass is 10.2. The molecule has 7 heteroatoms. The summed E-state index contributed by atoms with van der Waals surface area (Å²) >= 11 is 0. The predicted octanol–water partition coefficient (Wildman–Crippen LogP) is 4.02. The van der Waals surface area contributed by atoms with Crippen LogP contribution in [0.3, 0.4) is 0 Å². The molecule has 28 heavy (non-hydrogen) atoms. The van der Waals surface area contributed by atoms with Crippen LogP contribution in [0.15, 0.2) is 47.0 Å². The van der Waals surface area contributed by atoms with Crippen molar-refractivity contribution in [1.82, 2.24) is 10.1 Å². The van der Waals surface area contributed by atoms with Crippen LogP contribution in [0.5, 0.6) is 11.5 Å². The van der Waals surface area contributed by atoms with Gasteiger partial charge in [-0.05, 0) is 49.7 Å². The lowest BCUT2D eigenvalue weighted by Crippen LogP contribution is -2.12. The maximum Gasteiger partial charge on any atom is 0.227 e. The number of ether oxygens (including phenoxy) is 2. The van der Waals surface area contributed by atoms with E-state index in [1.807, 2.05) is 50.2 Å². The minimum atomic E-state index is -0.104. The molecule has 0 radical (unpaired) electrons. The highest BCUT2D eigenvalue weighted by Crippen LogP contribution is 2.31. The van der Waals surface area contributed by atoms with Crippen molar-refractivity contribution in [1.29, 1.82) is 0 Å². The number of aryl methyl sites for hydroxylation is 2. The Hall–Kier alpha value is -3.35. The van der Waals surface area contributed by atoms with E-state index in [-0.39, 0.29) is 12.3 Å². The van der Waals surface area contributed by atoms with Crippen molar-refractivity contribution in [3.63, 3.8) is 0 Å². The monoisotopic (exact) mass is 381 g/mol. The molecule has 0 fully saturated rings. The third kappa shape index (κ3) is 4.88. The number of hydrogen-bond donors (Lipinski definition) is 1. The molecule has 0 aliphatic carbocycles. The number of hydrogen-bond acceptors (Lipinski definition) is 6. The number of benzene rings is 2. The van der Waals surface area contributed by atoms with Crippen molar-refractivity contribution < 1.29 is 18.8 Å². The van der Waals surface area contributed by atoms with Crippen LogP contribution in [0.2, 0.25) is 0 Å². The summed E-state index contributed by atoms with van der Waals surface area (Å²) in [4.78, 5) is 16.5. The molecule has 0 unspecified atom stereocenters. The van der Waals surface area contributed by atoms with Gasteiger partial charge in [0.1, 0.15) is 0 Å². The van der Waals surface area contributed by atoms with Gasteiger partial charge >= 0.3 is 0 Å². The standard InChI is InChI=1S/C21H23N3O4/c1-4-27-17-9-8-15(13-18(17)26-3)21-23-20(28-24-21)11-10-19(25)22-16-7-5-6-14(2)12-16/h5-9,12-13H,4,10-11H2,1-3H3,(H,22,25). The van der Waals surface area contributed by atoms with E-state index < -0.39 is 0 Å². The van der Waals surface area contributed by atoms with Gasteiger partial charge in [-0.1, -0.05) is 17.3 Å². The van der Waals surface area contributed by atoms with Crippen molar-refractivity contribution in [2.75, 3.05) is 19.0 Å². The predicted molar refractivity (Wildman–Crippen MR) is 106 cm³/mol. The summed E-state index contributed by atoms with van der Waals surface area (Å²) in [5, 5.41) is 6.86. The van der Waals surface area contributed by atoms with Gasteiger partial charge < -0.3 is 19.3 Å². The van der Waals surface area contributed by atoms with Crippen LogP contribution in [0.1, 0.15) is 24.8 Å². The quantitative estimate of drug-likeness (QED) is 0.634. The van der Waals surface area contributed by atoms with Crippen LogP contribution in [0.4, 0.5) is 5.69 Å². The number of nitrogens with one attached hydrogen (secondary N) is 1. The molecule has 1 aromatic heterocycles. The maximum absolute atomic E-state index is 12.1. The summed E-state index contributed by atoms with van der Waals surface area (Å²) in [5.41, 5.74) is 2.61. The first-order chi connectivity index (χ1) is 13.6. The molecule has 0 aliphatic rings. The second kappa shape index (κ2) is 9.03. The van der Waals surface area contributed by atoms with Gasteiger partial charge in [0.15, 0.2) is 11.5 Å². The Morgan fingerprint density at radius 1 is 1.18 bits per heavy atom. The van der Waals surface area contributed by atoms with Gasteiger partial charge in [-0.25, -0.2) is 0 Å². The average Bonchev–Trinajstić information content (AvgIpc) is 3.16. The maximum atomic E-state index is 12.1. The summed E-state index contributed by atoms with van der Waals surface area (Å²) in [6.45, 7) is 4.44. The summed E-state index contributed by atoms with van der Waals surface area (Å²) < 4.78 is 16.1. The molecular weight excluding hydrogens is 358 g/mol. The summed E-state index contributed by atoms with van der Waals surface area (Å²) in [7, 11) is 1.58. The average molecular weight is 381 g/mol. The zero-order valence-electron chi connectivity index (χ0n) is 16.2. The van der Waals surface area contributed by atoms with E-state index >= 15 is 0 Å². The van der Waals surface area contributed by atoms with E-state index in [1.54, 1.807) is 13.2 Å². The first-order valence-corrected chi connectivity index (χ1v) is 9.09. The minimum Gasteiger partial charge on any atom is -0.493 e. The van der Waals surface area contributed by atoms with Crippen molar-refractivity contribution >= 4 is 11.6 Å². The number of carbonyl (C=O) groups excluding carboxylic acids is 1. The van der Waals surface area contributed by atoms with Gasteiger partial charge in [-0.2, -0.15) is 4.98 Å². The molecule has 1 N–H and O–H groups in total. The molecule has 0 bridgehead atoms. The molecule has 3 aromatic rings. The highest BCUT2D eigenvalue weighted by molar-refractivity contribution is 5.90. The van der Waals surface area contributed by atoms with Crippen molar-refractivity contribution in [3.8, 4) is 22.9 Å². The zero-order valence-corrected chi connectivity index (χ0v) is 16.2. The number of amides is 1. The lowest BCUT2D eigenvalue weighted by molar-refractivity contribution is -0.116. The number of aromatic nitrogens is 2. The van der Waals surface area contributed by atoms with Crippen LogP contribution >= 0.6 is 0 Å². The van der Waals surface area contributed by atoms with Gasteiger partial charge in [0, 0.05) is 24.1 Å². The summed E-state index contributed by atoms with van der Waals surface area (Å²) in [6.07, 6.45) is 0.612. The van der Waals surface area contributed by atoms with E-state index in [0.717, 1.165) is 16.8 Å². The van der Waals surface area contributed by atoms with Crippen molar-refractivity contribution in [2.45, 2.75) is 26.7 Å². The second-order valence-electron chi connectivity index (χ2n) is 6.23. The van der Waals surface area contributed by atoms with Gasteiger partial charge in [0.2, 0.25) is 17.6 Å². The first kappa shape index (κ1) is 19.4. The van der Waals surface area contributed by atoms with Crippen LogP contribution in [0.25, 0.3) is 11.4 Å². The van der Waals surface area contributed by atoms with Crippen LogP contribution in [-0.4, -0.2) is 29.8 Å². The van der Waals surface area contributed by atoms with E-state index in [9.17, 15) is 4.79 Å². The smallest absolute Gasteiger partial charge is 0.227 e. The molecule has 0 atom stereocenters. The Bertz CT molecular complexity index is 952. The summed E-state index contributed by atoms with van der Waals surface area (Å²) in [5.74, 6) is 2.00. The molecule has 3 rings (SSSR count). The Labute approximate surface area is 163 Å². The molecular formula is C21H23N3O4. The molecule has 0 saturated carbocycles. The Morgan fingerprint density at radius 3 is 2.79 bits per heavy atom. The van der Waals surface area contributed by atoms with E-state index in [4.69, 9.17) is 14.0 Å². The van der Waals surface area contributed by atoms with Crippen molar-refractivity contribution in [2.24, 2.45) is 0 Å². The fraction of sp³-hybridized carbons (Fsp3) is 0.286. The lowest BCUT2D eigenvalue weighted by Gasteiger charge is -2.09. The van der Waals surface area contributed by atoms with E-state index in [1.165, 1.54) is 0 Å². The summed E-state index contributed by atoms with van der Waals surface area (Å²) in [6, 6.07) is 13.1. The Kier molecular flexibility index (Phi) is 6.26. The van der Waals surface area contributed by atoms with Crippen LogP contribution in [-0.2, 0) is 11.2 Å². The fourth-order valence-corrected chi connectivity index (χ4v) is 2.72. The van der Waals surface area contributed by atoms with Gasteiger partial charge in [-0.3, -0.25) is 4.79 Å². The fourth-order valence-electron chi connectivity index (χ4n) is 2.72. The normalized spacial score (nSPS) is 10.5. The van der Waals surface area contributed by atoms with Crippen molar-refractivity contribution in [3.05, 3.63) is 53.9 Å². The molecule has 2 aromatic carbocycles. The molecule has 0 aliphatic heterocycles. The number of anilines is 1. The number of carbonyl (C=O) groups is 1. The highest BCUT2D eigenvalue weighted by atomic mass is 16.5. The number of nitrogens with zero attached hydrogens (tertiary/aromatic N) is 2. The number of rotatable bonds is 8. The van der Waals surface area contributed by atoms with E-state index in [2.05, 4.69) is 15.5 Å². The van der Waals surface area contributed by atoms with E-state index in [0.29, 0.717) is 36.2 Å². The second-order valence-corrected chi connectivity index (χ2v) is 6.23. The zero-order chi connectivity index (χ0) is 19.9. The number of methoxy groups -OCH3 is 1. The third-order valence-corrected chi connectivity index (χ3v) is 4.06. The Balaban J connectivity index is 1.62. The van der Waals surface area contributed by atoms with Gasteiger partial charge in [0.25, 0.3) is 0 Å². The largest absolute Gasteiger partial charge is 0.493 e. The molecule has 7 nitrogen and oxygen atoms in total. The van der Waals surface area contributed by atoms with Gasteiger partial charge in [-0.15, -0.1) is 0 Å². The minimum absolute atomic E-state index is 0.104. The molecule has 1 heterocycles. The van der Waals surface area contributed by atoms with Crippen LogP contribution < -0.4 is 14.8 Å². The van der Waals surface area contributed by atoms with Gasteiger partial charge in [0.05, 0.1) is 13.7 Å². The third-order valence-electron chi connectivity index (χ3n) is 4.06. The Morgan fingerprint density at radius 2 is 2.04 bits per heavy atom. The highest BCUT2D eigenvalue weighted by Gasteiger charge is 2.13.